The van der Waals surface area contributed by atoms with E-state index >= 15 is 0 Å². The van der Waals surface area contributed by atoms with Crippen LogP contribution in [0.4, 0.5) is 0 Å². The summed E-state index contributed by atoms with van der Waals surface area (Å²) in [5.74, 6) is -0.0602. The molecule has 0 spiro atoms. The number of allylic oxidation sites excluding steroid dienone is 1. The highest BCUT2D eigenvalue weighted by molar-refractivity contribution is 7.85. The van der Waals surface area contributed by atoms with Crippen LogP contribution in [0.15, 0.2) is 43.0 Å². The van der Waals surface area contributed by atoms with Crippen molar-refractivity contribution in [3.05, 3.63) is 48.6 Å². The third-order valence-corrected chi connectivity index (χ3v) is 3.46. The lowest BCUT2D eigenvalue weighted by atomic mass is 10.2. The SMILES string of the molecule is C=CCCCCOS(=O)(=O)Cc1ccccc1. The minimum atomic E-state index is -3.45. The molecule has 4 heteroatoms. The van der Waals surface area contributed by atoms with Gasteiger partial charge in [-0.1, -0.05) is 36.4 Å². The molecule has 0 fully saturated rings. The van der Waals surface area contributed by atoms with E-state index < -0.39 is 10.1 Å². The Bertz CT molecular complexity index is 423. The Balaban J connectivity index is 2.34. The van der Waals surface area contributed by atoms with Crippen molar-refractivity contribution in [2.75, 3.05) is 6.61 Å². The van der Waals surface area contributed by atoms with Crippen molar-refractivity contribution in [1.29, 1.82) is 0 Å². The van der Waals surface area contributed by atoms with E-state index in [0.29, 0.717) is 0 Å². The average Bonchev–Trinajstić information content (AvgIpc) is 2.29. The Morgan fingerprint density at radius 3 is 2.53 bits per heavy atom. The van der Waals surface area contributed by atoms with Gasteiger partial charge >= 0.3 is 0 Å². The average molecular weight is 254 g/mol. The minimum Gasteiger partial charge on any atom is -0.270 e. The second-order valence-electron chi connectivity index (χ2n) is 3.79. The van der Waals surface area contributed by atoms with Gasteiger partial charge in [-0.05, 0) is 24.8 Å². The fraction of sp³-hybridized carbons (Fsp3) is 0.385. The van der Waals surface area contributed by atoms with E-state index in [1.807, 2.05) is 24.3 Å². The smallest absolute Gasteiger partial charge is 0.270 e. The van der Waals surface area contributed by atoms with Crippen molar-refractivity contribution in [3.63, 3.8) is 0 Å². The molecule has 3 nitrogen and oxygen atoms in total. The Hall–Kier alpha value is -1.13. The maximum absolute atomic E-state index is 11.6. The first-order valence-corrected chi connectivity index (χ1v) is 7.24. The summed E-state index contributed by atoms with van der Waals surface area (Å²) < 4.78 is 28.1. The lowest BCUT2D eigenvalue weighted by Crippen LogP contribution is -2.09. The van der Waals surface area contributed by atoms with Crippen molar-refractivity contribution in [3.8, 4) is 0 Å². The minimum absolute atomic E-state index is 0.0602. The van der Waals surface area contributed by atoms with E-state index in [0.717, 1.165) is 24.8 Å². The van der Waals surface area contributed by atoms with Crippen LogP contribution in [0.2, 0.25) is 0 Å². The molecule has 0 aromatic heterocycles. The Kier molecular flexibility index (Phi) is 5.94. The van der Waals surface area contributed by atoms with Crippen LogP contribution >= 0.6 is 0 Å². The predicted molar refractivity (Wildman–Crippen MR) is 69.1 cm³/mol. The lowest BCUT2D eigenvalue weighted by Gasteiger charge is -2.05. The Labute approximate surface area is 103 Å². The number of hydrogen-bond donors (Lipinski definition) is 0. The van der Waals surface area contributed by atoms with Gasteiger partial charge in [0.1, 0.15) is 5.75 Å². The standard InChI is InChI=1S/C13H18O3S/c1-2-3-4-8-11-16-17(14,15)12-13-9-6-5-7-10-13/h2,5-7,9-10H,1,3-4,8,11-12H2. The first-order chi connectivity index (χ1) is 8.14. The summed E-state index contributed by atoms with van der Waals surface area (Å²) >= 11 is 0. The van der Waals surface area contributed by atoms with Crippen LogP contribution in [0.3, 0.4) is 0 Å². The zero-order chi connectivity index (χ0) is 12.6. The third kappa shape index (κ3) is 6.24. The Morgan fingerprint density at radius 1 is 1.18 bits per heavy atom. The molecule has 0 aliphatic carbocycles. The summed E-state index contributed by atoms with van der Waals surface area (Å²) in [6, 6.07) is 9.04. The zero-order valence-electron chi connectivity index (χ0n) is 9.84. The van der Waals surface area contributed by atoms with Crippen LogP contribution < -0.4 is 0 Å². The summed E-state index contributed by atoms with van der Waals surface area (Å²) in [4.78, 5) is 0. The normalized spacial score (nSPS) is 11.3. The van der Waals surface area contributed by atoms with Crippen molar-refractivity contribution in [2.45, 2.75) is 25.0 Å². The highest BCUT2D eigenvalue weighted by Gasteiger charge is 2.11. The van der Waals surface area contributed by atoms with Gasteiger partial charge in [0.15, 0.2) is 0 Å². The van der Waals surface area contributed by atoms with Crippen molar-refractivity contribution < 1.29 is 12.6 Å². The molecule has 0 saturated heterocycles. The van der Waals surface area contributed by atoms with Crippen LogP contribution in [0.1, 0.15) is 24.8 Å². The molecule has 94 valence electrons. The number of unbranched alkanes of at least 4 members (excludes halogenated alkanes) is 2. The number of rotatable bonds is 8. The van der Waals surface area contributed by atoms with Gasteiger partial charge in [0, 0.05) is 0 Å². The first kappa shape index (κ1) is 13.9. The molecule has 17 heavy (non-hydrogen) atoms. The maximum atomic E-state index is 11.6. The van der Waals surface area contributed by atoms with Gasteiger partial charge < -0.3 is 0 Å². The maximum Gasteiger partial charge on any atom is 0.271 e. The largest absolute Gasteiger partial charge is 0.271 e. The topological polar surface area (TPSA) is 43.4 Å². The van der Waals surface area contributed by atoms with E-state index in [2.05, 4.69) is 6.58 Å². The fourth-order valence-corrected chi connectivity index (χ4v) is 2.45. The van der Waals surface area contributed by atoms with E-state index in [-0.39, 0.29) is 12.4 Å². The van der Waals surface area contributed by atoms with Crippen LogP contribution in [0.25, 0.3) is 0 Å². The van der Waals surface area contributed by atoms with Gasteiger partial charge in [-0.15, -0.1) is 6.58 Å². The molecule has 0 aliphatic rings. The van der Waals surface area contributed by atoms with Crippen LogP contribution in [-0.4, -0.2) is 15.0 Å². The van der Waals surface area contributed by atoms with Crippen LogP contribution in [0, 0.1) is 0 Å². The molecule has 0 heterocycles. The second kappa shape index (κ2) is 7.25. The molecule has 0 radical (unpaired) electrons. The summed E-state index contributed by atoms with van der Waals surface area (Å²) in [5.41, 5.74) is 0.749. The highest BCUT2D eigenvalue weighted by atomic mass is 32.2. The highest BCUT2D eigenvalue weighted by Crippen LogP contribution is 2.08. The molecule has 0 N–H and O–H groups in total. The second-order valence-corrected chi connectivity index (χ2v) is 5.43. The molecule has 0 saturated carbocycles. The summed E-state index contributed by atoms with van der Waals surface area (Å²) in [5, 5.41) is 0. The van der Waals surface area contributed by atoms with E-state index in [1.54, 1.807) is 12.1 Å². The van der Waals surface area contributed by atoms with Gasteiger partial charge in [-0.25, -0.2) is 0 Å². The molecule has 1 rings (SSSR count). The van der Waals surface area contributed by atoms with E-state index in [9.17, 15) is 8.42 Å². The molecule has 1 aromatic carbocycles. The van der Waals surface area contributed by atoms with Gasteiger partial charge in [-0.2, -0.15) is 8.42 Å². The van der Waals surface area contributed by atoms with Gasteiger partial charge in [0.05, 0.1) is 6.61 Å². The quantitative estimate of drug-likeness (QED) is 0.407. The monoisotopic (exact) mass is 254 g/mol. The molecular weight excluding hydrogens is 236 g/mol. The van der Waals surface area contributed by atoms with E-state index in [4.69, 9.17) is 4.18 Å². The van der Waals surface area contributed by atoms with Crippen LogP contribution in [0.5, 0.6) is 0 Å². The van der Waals surface area contributed by atoms with Gasteiger partial charge in [0.2, 0.25) is 0 Å². The molecular formula is C13H18O3S. The molecule has 0 aliphatic heterocycles. The molecule has 0 amide bonds. The number of hydrogen-bond acceptors (Lipinski definition) is 3. The third-order valence-electron chi connectivity index (χ3n) is 2.25. The molecule has 1 aromatic rings. The zero-order valence-corrected chi connectivity index (χ0v) is 10.7. The molecule has 0 unspecified atom stereocenters. The first-order valence-electron chi connectivity index (χ1n) is 5.66. The number of benzene rings is 1. The Morgan fingerprint density at radius 2 is 1.88 bits per heavy atom. The van der Waals surface area contributed by atoms with Gasteiger partial charge in [-0.3, -0.25) is 4.18 Å². The van der Waals surface area contributed by atoms with Crippen molar-refractivity contribution in [1.82, 2.24) is 0 Å². The molecule has 0 bridgehead atoms. The lowest BCUT2D eigenvalue weighted by molar-refractivity contribution is 0.308. The van der Waals surface area contributed by atoms with Crippen molar-refractivity contribution >= 4 is 10.1 Å². The predicted octanol–water partition coefficient (Wildman–Crippen LogP) is 2.89. The van der Waals surface area contributed by atoms with E-state index in [1.165, 1.54) is 0 Å². The summed E-state index contributed by atoms with van der Waals surface area (Å²) in [7, 11) is -3.45. The summed E-state index contributed by atoms with van der Waals surface area (Å²) in [6.07, 6.45) is 4.35. The van der Waals surface area contributed by atoms with Gasteiger partial charge in [0.25, 0.3) is 10.1 Å². The van der Waals surface area contributed by atoms with Crippen LogP contribution in [-0.2, 0) is 20.1 Å². The van der Waals surface area contributed by atoms with Crippen molar-refractivity contribution in [2.24, 2.45) is 0 Å². The molecule has 0 atom stereocenters. The fourth-order valence-electron chi connectivity index (χ4n) is 1.40. The summed E-state index contributed by atoms with van der Waals surface area (Å²) in [6.45, 7) is 3.86.